The standard InChI is InChI=1S/C20H29FN4O2/c1-5-17(26-18-9-6-8-16(21)12-18)13-24-20(22-4)23-11-7-10-19-14(2)25-27-15(19)3/h6,8-9,12,17H,5,7,10-11,13H2,1-4H3,(H2,22,23,24). The third-order valence-corrected chi connectivity index (χ3v) is 4.35. The monoisotopic (exact) mass is 376 g/mol. The normalized spacial score (nSPS) is 12.7. The molecule has 0 saturated heterocycles. The molecule has 0 radical (unpaired) electrons. The quantitative estimate of drug-likeness (QED) is 0.399. The minimum atomic E-state index is -0.300. The second-order valence-corrected chi connectivity index (χ2v) is 6.39. The molecule has 2 aromatic rings. The minimum Gasteiger partial charge on any atom is -0.489 e. The Balaban J connectivity index is 1.73. The van der Waals surface area contributed by atoms with Gasteiger partial charge in [-0.25, -0.2) is 4.39 Å². The van der Waals surface area contributed by atoms with Crippen LogP contribution >= 0.6 is 0 Å². The molecule has 148 valence electrons. The summed E-state index contributed by atoms with van der Waals surface area (Å²) in [6.45, 7) is 7.29. The van der Waals surface area contributed by atoms with Crippen molar-refractivity contribution in [3.05, 3.63) is 47.1 Å². The number of hydrogen-bond donors (Lipinski definition) is 2. The Morgan fingerprint density at radius 2 is 2.15 bits per heavy atom. The molecule has 2 N–H and O–H groups in total. The van der Waals surface area contributed by atoms with E-state index in [9.17, 15) is 4.39 Å². The van der Waals surface area contributed by atoms with Gasteiger partial charge in [0.2, 0.25) is 0 Å². The van der Waals surface area contributed by atoms with Crippen LogP contribution in [0.5, 0.6) is 5.75 Å². The smallest absolute Gasteiger partial charge is 0.191 e. The molecule has 0 aliphatic heterocycles. The van der Waals surface area contributed by atoms with E-state index in [0.717, 1.165) is 43.2 Å². The zero-order valence-electron chi connectivity index (χ0n) is 16.5. The van der Waals surface area contributed by atoms with Gasteiger partial charge >= 0.3 is 0 Å². The van der Waals surface area contributed by atoms with Crippen molar-refractivity contribution in [2.24, 2.45) is 4.99 Å². The Morgan fingerprint density at radius 1 is 1.33 bits per heavy atom. The van der Waals surface area contributed by atoms with Gasteiger partial charge in [0.1, 0.15) is 23.4 Å². The van der Waals surface area contributed by atoms with E-state index < -0.39 is 0 Å². The first-order valence-corrected chi connectivity index (χ1v) is 9.32. The lowest BCUT2D eigenvalue weighted by molar-refractivity contribution is 0.199. The Labute approximate surface area is 160 Å². The Kier molecular flexibility index (Phi) is 8.10. The van der Waals surface area contributed by atoms with Crippen LogP contribution in [0.4, 0.5) is 4.39 Å². The molecule has 6 nitrogen and oxygen atoms in total. The van der Waals surface area contributed by atoms with Crippen LogP contribution in [0, 0.1) is 19.7 Å². The average Bonchev–Trinajstić information content (AvgIpc) is 2.98. The number of benzene rings is 1. The molecular formula is C20H29FN4O2. The number of nitrogens with one attached hydrogen (secondary N) is 2. The number of aromatic nitrogens is 1. The molecular weight excluding hydrogens is 347 g/mol. The third kappa shape index (κ3) is 6.58. The molecule has 0 spiro atoms. The van der Waals surface area contributed by atoms with Gasteiger partial charge in [-0.15, -0.1) is 0 Å². The molecule has 0 bridgehead atoms. The van der Waals surface area contributed by atoms with Crippen molar-refractivity contribution in [2.75, 3.05) is 20.1 Å². The van der Waals surface area contributed by atoms with E-state index in [1.165, 1.54) is 17.7 Å². The van der Waals surface area contributed by atoms with Gasteiger partial charge in [0.25, 0.3) is 0 Å². The lowest BCUT2D eigenvalue weighted by Gasteiger charge is -2.20. The highest BCUT2D eigenvalue weighted by Gasteiger charge is 2.11. The summed E-state index contributed by atoms with van der Waals surface area (Å²) in [6.07, 6.45) is 2.58. The molecule has 0 fully saturated rings. The van der Waals surface area contributed by atoms with Gasteiger partial charge in [0.15, 0.2) is 5.96 Å². The fraction of sp³-hybridized carbons (Fsp3) is 0.500. The van der Waals surface area contributed by atoms with Crippen LogP contribution in [0.2, 0.25) is 0 Å². The first-order valence-electron chi connectivity index (χ1n) is 9.32. The predicted octanol–water partition coefficient (Wildman–Crippen LogP) is 3.39. The minimum absolute atomic E-state index is 0.0762. The van der Waals surface area contributed by atoms with Gasteiger partial charge in [-0.1, -0.05) is 18.1 Å². The van der Waals surface area contributed by atoms with E-state index in [1.54, 1.807) is 19.2 Å². The highest BCUT2D eigenvalue weighted by Crippen LogP contribution is 2.15. The first-order chi connectivity index (χ1) is 13.0. The predicted molar refractivity (Wildman–Crippen MR) is 105 cm³/mol. The van der Waals surface area contributed by atoms with Gasteiger partial charge in [0, 0.05) is 25.2 Å². The van der Waals surface area contributed by atoms with Crippen LogP contribution in [0.3, 0.4) is 0 Å². The molecule has 0 aliphatic rings. The first kappa shape index (κ1) is 20.7. The summed E-state index contributed by atoms with van der Waals surface area (Å²) in [5.41, 5.74) is 2.13. The van der Waals surface area contributed by atoms with Crippen molar-refractivity contribution in [3.63, 3.8) is 0 Å². The molecule has 0 amide bonds. The SMILES string of the molecule is CCC(CNC(=NC)NCCCc1c(C)noc1C)Oc1cccc(F)c1. The van der Waals surface area contributed by atoms with Crippen LogP contribution in [0.25, 0.3) is 0 Å². The molecule has 0 saturated carbocycles. The molecule has 2 rings (SSSR count). The number of rotatable bonds is 9. The van der Waals surface area contributed by atoms with Gasteiger partial charge in [-0.05, 0) is 45.2 Å². The van der Waals surface area contributed by atoms with Crippen molar-refractivity contribution in [3.8, 4) is 5.75 Å². The molecule has 1 aromatic heterocycles. The van der Waals surface area contributed by atoms with E-state index in [1.807, 2.05) is 20.8 Å². The number of nitrogens with zero attached hydrogens (tertiary/aromatic N) is 2. The molecule has 1 aromatic carbocycles. The zero-order chi connectivity index (χ0) is 19.6. The summed E-state index contributed by atoms with van der Waals surface area (Å²) in [5.74, 6) is 1.84. The van der Waals surface area contributed by atoms with Gasteiger partial charge in [-0.3, -0.25) is 4.99 Å². The second kappa shape index (κ2) is 10.5. The van der Waals surface area contributed by atoms with Crippen LogP contribution in [-0.4, -0.2) is 37.4 Å². The summed E-state index contributed by atoms with van der Waals surface area (Å²) in [7, 11) is 1.73. The number of aryl methyl sites for hydroxylation is 2. The van der Waals surface area contributed by atoms with Gasteiger partial charge < -0.3 is 19.9 Å². The van der Waals surface area contributed by atoms with Crippen molar-refractivity contribution in [1.82, 2.24) is 15.8 Å². The van der Waals surface area contributed by atoms with Crippen molar-refractivity contribution < 1.29 is 13.7 Å². The van der Waals surface area contributed by atoms with Crippen molar-refractivity contribution in [1.29, 1.82) is 0 Å². The molecule has 27 heavy (non-hydrogen) atoms. The van der Waals surface area contributed by atoms with Crippen LogP contribution in [-0.2, 0) is 6.42 Å². The fourth-order valence-electron chi connectivity index (χ4n) is 2.76. The van der Waals surface area contributed by atoms with E-state index in [4.69, 9.17) is 9.26 Å². The Morgan fingerprint density at radius 3 is 2.78 bits per heavy atom. The van der Waals surface area contributed by atoms with Crippen molar-refractivity contribution in [2.45, 2.75) is 46.1 Å². The summed E-state index contributed by atoms with van der Waals surface area (Å²) in [5, 5.41) is 10.5. The van der Waals surface area contributed by atoms with Crippen molar-refractivity contribution >= 4 is 5.96 Å². The van der Waals surface area contributed by atoms with Crippen LogP contribution in [0.1, 0.15) is 36.8 Å². The van der Waals surface area contributed by atoms with Crippen LogP contribution < -0.4 is 15.4 Å². The highest BCUT2D eigenvalue weighted by molar-refractivity contribution is 5.79. The summed E-state index contributed by atoms with van der Waals surface area (Å²) < 4.78 is 24.3. The zero-order valence-corrected chi connectivity index (χ0v) is 16.5. The van der Waals surface area contributed by atoms with E-state index in [2.05, 4.69) is 20.8 Å². The maximum Gasteiger partial charge on any atom is 0.191 e. The summed E-state index contributed by atoms with van der Waals surface area (Å²) in [6, 6.07) is 6.20. The average molecular weight is 376 g/mol. The molecule has 7 heteroatoms. The summed E-state index contributed by atoms with van der Waals surface area (Å²) >= 11 is 0. The van der Waals surface area contributed by atoms with Gasteiger partial charge in [0.05, 0.1) is 12.2 Å². The second-order valence-electron chi connectivity index (χ2n) is 6.39. The number of ether oxygens (including phenoxy) is 1. The topological polar surface area (TPSA) is 71.7 Å². The Hall–Kier alpha value is -2.57. The molecule has 1 heterocycles. The molecule has 1 unspecified atom stereocenters. The lowest BCUT2D eigenvalue weighted by atomic mass is 10.1. The highest BCUT2D eigenvalue weighted by atomic mass is 19.1. The van der Waals surface area contributed by atoms with Gasteiger partial charge in [-0.2, -0.15) is 0 Å². The number of halogens is 1. The Bertz CT molecular complexity index is 726. The van der Waals surface area contributed by atoms with E-state index in [0.29, 0.717) is 12.3 Å². The van der Waals surface area contributed by atoms with E-state index in [-0.39, 0.29) is 11.9 Å². The number of hydrogen-bond acceptors (Lipinski definition) is 4. The maximum absolute atomic E-state index is 13.3. The molecule has 0 aliphatic carbocycles. The summed E-state index contributed by atoms with van der Waals surface area (Å²) in [4.78, 5) is 4.23. The maximum atomic E-state index is 13.3. The van der Waals surface area contributed by atoms with E-state index >= 15 is 0 Å². The fourth-order valence-corrected chi connectivity index (χ4v) is 2.76. The van der Waals surface area contributed by atoms with Crippen LogP contribution in [0.15, 0.2) is 33.8 Å². The third-order valence-electron chi connectivity index (χ3n) is 4.35. The number of aliphatic imine (C=N–C) groups is 1. The lowest BCUT2D eigenvalue weighted by Crippen LogP contribution is -2.42. The largest absolute Gasteiger partial charge is 0.489 e. The molecule has 1 atom stereocenters. The number of guanidine groups is 1.